The van der Waals surface area contributed by atoms with Crippen LogP contribution in [0.5, 0.6) is 11.5 Å². The SMILES string of the molecule is CC(C)(C)c1ccc(OCCOc2ccc(C=C(C#N)C#N)cc2)cc1. The van der Waals surface area contributed by atoms with Crippen LogP contribution in [0.15, 0.2) is 54.1 Å². The molecule has 4 heteroatoms. The highest BCUT2D eigenvalue weighted by Gasteiger charge is 2.12. The first-order chi connectivity index (χ1) is 12.4. The summed E-state index contributed by atoms with van der Waals surface area (Å²) in [5.41, 5.74) is 2.26. The van der Waals surface area contributed by atoms with Gasteiger partial charge in [-0.25, -0.2) is 0 Å². The van der Waals surface area contributed by atoms with Crippen LogP contribution in [0.25, 0.3) is 6.08 Å². The van der Waals surface area contributed by atoms with E-state index < -0.39 is 0 Å². The molecule has 0 saturated heterocycles. The average Bonchev–Trinajstić information content (AvgIpc) is 2.64. The van der Waals surface area contributed by atoms with Crippen LogP contribution in [0.1, 0.15) is 31.9 Å². The van der Waals surface area contributed by atoms with Crippen LogP contribution in [-0.4, -0.2) is 13.2 Å². The van der Waals surface area contributed by atoms with Gasteiger partial charge in [0.25, 0.3) is 0 Å². The third-order valence-electron chi connectivity index (χ3n) is 3.77. The van der Waals surface area contributed by atoms with Crippen molar-refractivity contribution in [3.05, 3.63) is 65.2 Å². The summed E-state index contributed by atoms with van der Waals surface area (Å²) in [5.74, 6) is 1.53. The smallest absolute Gasteiger partial charge is 0.130 e. The van der Waals surface area contributed by atoms with Gasteiger partial charge in [0.2, 0.25) is 0 Å². The van der Waals surface area contributed by atoms with Crippen molar-refractivity contribution < 1.29 is 9.47 Å². The van der Waals surface area contributed by atoms with Crippen molar-refractivity contribution in [2.24, 2.45) is 0 Å². The van der Waals surface area contributed by atoms with Gasteiger partial charge in [-0.15, -0.1) is 0 Å². The number of hydrogen-bond acceptors (Lipinski definition) is 4. The van der Waals surface area contributed by atoms with Crippen LogP contribution in [0.2, 0.25) is 0 Å². The van der Waals surface area contributed by atoms with Crippen molar-refractivity contribution in [1.82, 2.24) is 0 Å². The summed E-state index contributed by atoms with van der Waals surface area (Å²) in [5, 5.41) is 17.5. The Bertz CT molecular complexity index is 814. The number of benzene rings is 2. The summed E-state index contributed by atoms with van der Waals surface area (Å²) in [6.45, 7) is 7.42. The molecule has 2 aromatic rings. The molecule has 0 N–H and O–H groups in total. The Labute approximate surface area is 154 Å². The van der Waals surface area contributed by atoms with Crippen LogP contribution in [0.4, 0.5) is 0 Å². The van der Waals surface area contributed by atoms with Crippen LogP contribution in [-0.2, 0) is 5.41 Å². The molecule has 0 unspecified atom stereocenters. The average molecular weight is 346 g/mol. The Morgan fingerprint density at radius 1 is 0.846 bits per heavy atom. The summed E-state index contributed by atoms with van der Waals surface area (Å²) in [6, 6.07) is 19.0. The Kier molecular flexibility index (Phi) is 6.42. The Hall–Kier alpha value is -3.24. The lowest BCUT2D eigenvalue weighted by Crippen LogP contribution is -2.11. The molecule has 0 radical (unpaired) electrons. The lowest BCUT2D eigenvalue weighted by Gasteiger charge is -2.19. The van der Waals surface area contributed by atoms with Crippen LogP contribution in [0.3, 0.4) is 0 Å². The molecule has 0 aliphatic carbocycles. The molecule has 4 nitrogen and oxygen atoms in total. The van der Waals surface area contributed by atoms with Gasteiger partial charge in [-0.05, 0) is 46.9 Å². The van der Waals surface area contributed by atoms with Crippen molar-refractivity contribution in [2.45, 2.75) is 26.2 Å². The lowest BCUT2D eigenvalue weighted by atomic mass is 9.87. The van der Waals surface area contributed by atoms with Crippen LogP contribution >= 0.6 is 0 Å². The van der Waals surface area contributed by atoms with Gasteiger partial charge in [-0.3, -0.25) is 0 Å². The van der Waals surface area contributed by atoms with Crippen LogP contribution < -0.4 is 9.47 Å². The van der Waals surface area contributed by atoms with E-state index >= 15 is 0 Å². The molecule has 0 bridgehead atoms. The minimum atomic E-state index is 0.0737. The molecule has 0 atom stereocenters. The molecule has 0 heterocycles. The maximum Gasteiger partial charge on any atom is 0.130 e. The van der Waals surface area contributed by atoms with Crippen molar-refractivity contribution >= 4 is 6.08 Å². The predicted octanol–water partition coefficient (Wildman–Crippen LogP) is 4.87. The Morgan fingerprint density at radius 3 is 1.73 bits per heavy atom. The topological polar surface area (TPSA) is 66.0 Å². The van der Waals surface area contributed by atoms with Crippen molar-refractivity contribution in [3.63, 3.8) is 0 Å². The Morgan fingerprint density at radius 2 is 1.31 bits per heavy atom. The molecule has 2 rings (SSSR count). The van der Waals surface area contributed by atoms with Gasteiger partial charge < -0.3 is 9.47 Å². The second-order valence-electron chi connectivity index (χ2n) is 6.82. The minimum Gasteiger partial charge on any atom is -0.490 e. The van der Waals surface area contributed by atoms with Crippen molar-refractivity contribution in [1.29, 1.82) is 10.5 Å². The molecule has 132 valence electrons. The predicted molar refractivity (Wildman–Crippen MR) is 102 cm³/mol. The molecular formula is C22H22N2O2. The molecule has 0 aromatic heterocycles. The van der Waals surface area contributed by atoms with E-state index in [1.807, 2.05) is 24.3 Å². The third kappa shape index (κ3) is 5.69. The summed E-state index contributed by atoms with van der Waals surface area (Å²) >= 11 is 0. The maximum atomic E-state index is 8.75. The van der Waals surface area contributed by atoms with E-state index in [2.05, 4.69) is 32.9 Å². The highest BCUT2D eigenvalue weighted by Crippen LogP contribution is 2.24. The number of nitriles is 2. The minimum absolute atomic E-state index is 0.0737. The number of allylic oxidation sites excluding steroid dienone is 1. The number of rotatable bonds is 6. The van der Waals surface area contributed by atoms with E-state index in [9.17, 15) is 0 Å². The number of ether oxygens (including phenoxy) is 2. The first-order valence-corrected chi connectivity index (χ1v) is 8.40. The highest BCUT2D eigenvalue weighted by molar-refractivity contribution is 5.62. The maximum absolute atomic E-state index is 8.75. The van der Waals surface area contributed by atoms with E-state index in [4.69, 9.17) is 20.0 Å². The van der Waals surface area contributed by atoms with Gasteiger partial charge in [0.15, 0.2) is 0 Å². The summed E-state index contributed by atoms with van der Waals surface area (Å²) in [4.78, 5) is 0. The summed E-state index contributed by atoms with van der Waals surface area (Å²) in [6.07, 6.45) is 1.54. The summed E-state index contributed by atoms with van der Waals surface area (Å²) in [7, 11) is 0. The monoisotopic (exact) mass is 346 g/mol. The summed E-state index contributed by atoms with van der Waals surface area (Å²) < 4.78 is 11.3. The number of nitrogens with zero attached hydrogens (tertiary/aromatic N) is 2. The molecule has 0 amide bonds. The quantitative estimate of drug-likeness (QED) is 0.553. The molecule has 0 spiro atoms. The zero-order valence-corrected chi connectivity index (χ0v) is 15.3. The zero-order chi connectivity index (χ0) is 19.0. The second-order valence-corrected chi connectivity index (χ2v) is 6.82. The lowest BCUT2D eigenvalue weighted by molar-refractivity contribution is 0.217. The fourth-order valence-corrected chi connectivity index (χ4v) is 2.29. The van der Waals surface area contributed by atoms with E-state index in [0.29, 0.717) is 19.0 Å². The van der Waals surface area contributed by atoms with Gasteiger partial charge in [0, 0.05) is 0 Å². The highest BCUT2D eigenvalue weighted by atomic mass is 16.5. The zero-order valence-electron chi connectivity index (χ0n) is 15.3. The van der Waals surface area contributed by atoms with E-state index in [1.165, 1.54) is 11.6 Å². The molecule has 0 aliphatic heterocycles. The largest absolute Gasteiger partial charge is 0.490 e. The Balaban J connectivity index is 1.81. The van der Waals surface area contributed by atoms with Crippen molar-refractivity contribution in [2.75, 3.05) is 13.2 Å². The standard InChI is InChI=1S/C22H22N2O2/c1-22(2,3)19-6-10-21(11-7-19)26-13-12-25-20-8-4-17(5-9-20)14-18(15-23)16-24/h4-11,14H,12-13H2,1-3H3. The van der Waals surface area contributed by atoms with Gasteiger partial charge in [-0.2, -0.15) is 10.5 Å². The molecule has 0 aliphatic rings. The normalized spacial score (nSPS) is 10.3. The van der Waals surface area contributed by atoms with E-state index in [1.54, 1.807) is 24.3 Å². The fourth-order valence-electron chi connectivity index (χ4n) is 2.29. The molecule has 2 aromatic carbocycles. The first-order valence-electron chi connectivity index (χ1n) is 8.40. The molecular weight excluding hydrogens is 324 g/mol. The fraction of sp³-hybridized carbons (Fsp3) is 0.273. The van der Waals surface area contributed by atoms with Gasteiger partial charge in [-0.1, -0.05) is 45.0 Å². The molecule has 26 heavy (non-hydrogen) atoms. The van der Waals surface area contributed by atoms with E-state index in [-0.39, 0.29) is 11.0 Å². The van der Waals surface area contributed by atoms with Gasteiger partial charge >= 0.3 is 0 Å². The second kappa shape index (κ2) is 8.74. The van der Waals surface area contributed by atoms with Crippen molar-refractivity contribution in [3.8, 4) is 23.6 Å². The molecule has 0 saturated carbocycles. The van der Waals surface area contributed by atoms with Gasteiger partial charge in [0.05, 0.1) is 0 Å². The van der Waals surface area contributed by atoms with Crippen LogP contribution in [0, 0.1) is 22.7 Å². The van der Waals surface area contributed by atoms with Gasteiger partial charge in [0.1, 0.15) is 42.4 Å². The molecule has 0 fully saturated rings. The first kappa shape index (κ1) is 19.1. The number of hydrogen-bond donors (Lipinski definition) is 0. The third-order valence-corrected chi connectivity index (χ3v) is 3.77. The van der Waals surface area contributed by atoms with E-state index in [0.717, 1.165) is 11.3 Å².